The number of halogens is 1. The van der Waals surface area contributed by atoms with Crippen molar-refractivity contribution in [1.82, 2.24) is 9.97 Å². The molecule has 0 spiro atoms. The molecule has 1 aromatic carbocycles. The molecule has 2 aromatic rings. The Bertz CT molecular complexity index is 745. The number of anilines is 2. The van der Waals surface area contributed by atoms with Crippen molar-refractivity contribution in [3.63, 3.8) is 0 Å². The Morgan fingerprint density at radius 1 is 1.33 bits per heavy atom. The Morgan fingerprint density at radius 3 is 2.83 bits per heavy atom. The van der Waals surface area contributed by atoms with Gasteiger partial charge in [-0.1, -0.05) is 0 Å². The summed E-state index contributed by atoms with van der Waals surface area (Å²) < 4.78 is 18.7. The van der Waals surface area contributed by atoms with Gasteiger partial charge in [-0.2, -0.15) is 5.26 Å². The molecule has 4 N–H and O–H groups in total. The van der Waals surface area contributed by atoms with Gasteiger partial charge in [0.05, 0.1) is 24.7 Å². The van der Waals surface area contributed by atoms with E-state index in [1.165, 1.54) is 30.6 Å². The van der Waals surface area contributed by atoms with Gasteiger partial charge in [-0.25, -0.2) is 19.2 Å². The van der Waals surface area contributed by atoms with Gasteiger partial charge in [0, 0.05) is 6.07 Å². The zero-order chi connectivity index (χ0) is 17.4. The number of ether oxygens (including phenoxy) is 1. The van der Waals surface area contributed by atoms with Crippen molar-refractivity contribution < 1.29 is 13.9 Å². The minimum absolute atomic E-state index is 0.134. The molecule has 0 bridgehead atoms. The monoisotopic (exact) mass is 330 g/mol. The molecule has 1 heterocycles. The van der Waals surface area contributed by atoms with Crippen LogP contribution in [0.3, 0.4) is 0 Å². The van der Waals surface area contributed by atoms with Crippen molar-refractivity contribution >= 4 is 17.5 Å². The third-order valence-corrected chi connectivity index (χ3v) is 2.81. The zero-order valence-corrected chi connectivity index (χ0v) is 12.6. The van der Waals surface area contributed by atoms with Crippen LogP contribution >= 0.6 is 0 Å². The molecule has 0 unspecified atom stereocenters. The van der Waals surface area contributed by atoms with Gasteiger partial charge in [-0.3, -0.25) is 5.32 Å². The third-order valence-electron chi connectivity index (χ3n) is 2.81. The number of carbonyl (C=O) groups is 1. The fourth-order valence-corrected chi connectivity index (χ4v) is 1.70. The second-order valence-electron chi connectivity index (χ2n) is 4.61. The van der Waals surface area contributed by atoms with Crippen LogP contribution in [-0.4, -0.2) is 29.2 Å². The van der Waals surface area contributed by atoms with E-state index in [9.17, 15) is 9.18 Å². The highest BCUT2D eigenvalue weighted by atomic mass is 19.1. The van der Waals surface area contributed by atoms with E-state index < -0.39 is 11.8 Å². The van der Waals surface area contributed by atoms with Gasteiger partial charge in [0.2, 0.25) is 0 Å². The molecule has 0 aliphatic heterocycles. The number of urea groups is 1. The number of hydrogen-bond donors (Lipinski definition) is 3. The molecule has 0 atom stereocenters. The summed E-state index contributed by atoms with van der Waals surface area (Å²) in [4.78, 5) is 19.6. The molecular formula is C15H15FN6O2. The normalized spacial score (nSPS) is 9.88. The number of nitrogens with zero attached hydrogens (tertiary/aromatic N) is 3. The van der Waals surface area contributed by atoms with Crippen molar-refractivity contribution in [1.29, 1.82) is 5.26 Å². The van der Waals surface area contributed by atoms with Crippen LogP contribution in [0, 0.1) is 17.1 Å². The van der Waals surface area contributed by atoms with Crippen molar-refractivity contribution in [2.75, 3.05) is 23.8 Å². The molecule has 0 radical (unpaired) electrons. The molecule has 1 aromatic heterocycles. The number of hydrogen-bond acceptors (Lipinski definition) is 6. The number of carbonyl (C=O) groups excluding carboxylic acids is 1. The summed E-state index contributed by atoms with van der Waals surface area (Å²) in [6.07, 6.45) is 3.08. The molecule has 0 saturated heterocycles. The van der Waals surface area contributed by atoms with Crippen LogP contribution in [-0.2, 0) is 0 Å². The van der Waals surface area contributed by atoms with Crippen LogP contribution in [0.15, 0.2) is 30.6 Å². The van der Waals surface area contributed by atoms with E-state index in [-0.39, 0.29) is 17.3 Å². The molecule has 0 aliphatic rings. The molecular weight excluding hydrogens is 315 g/mol. The first kappa shape index (κ1) is 17.1. The van der Waals surface area contributed by atoms with Gasteiger partial charge >= 0.3 is 6.03 Å². The molecule has 0 aliphatic carbocycles. The standard InChI is InChI=1S/C15H15FN6O2/c16-10-2-3-12(13(6-10)24-5-1-4-17)21-15(23)22-14-9-19-11(7-18)8-20-14/h2-3,6,8-9H,1,4-5,17H2,(H2,20,21,22,23). The largest absolute Gasteiger partial charge is 0.491 e. The van der Waals surface area contributed by atoms with Crippen LogP contribution in [0.2, 0.25) is 0 Å². The van der Waals surface area contributed by atoms with E-state index in [2.05, 4.69) is 20.6 Å². The first-order valence-corrected chi connectivity index (χ1v) is 7.05. The predicted molar refractivity (Wildman–Crippen MR) is 85.0 cm³/mol. The van der Waals surface area contributed by atoms with Crippen LogP contribution in [0.4, 0.5) is 20.7 Å². The summed E-state index contributed by atoms with van der Waals surface area (Å²) in [5, 5.41) is 13.6. The summed E-state index contributed by atoms with van der Waals surface area (Å²) in [6.45, 7) is 0.743. The molecule has 0 fully saturated rings. The van der Waals surface area contributed by atoms with E-state index >= 15 is 0 Å². The first-order chi connectivity index (χ1) is 11.6. The topological polar surface area (TPSA) is 126 Å². The van der Waals surface area contributed by atoms with E-state index in [1.807, 2.05) is 6.07 Å². The van der Waals surface area contributed by atoms with Crippen molar-refractivity contribution in [2.24, 2.45) is 5.73 Å². The van der Waals surface area contributed by atoms with E-state index in [1.54, 1.807) is 0 Å². The highest BCUT2D eigenvalue weighted by Crippen LogP contribution is 2.25. The van der Waals surface area contributed by atoms with Crippen LogP contribution in [0.1, 0.15) is 12.1 Å². The number of nitrogens with two attached hydrogens (primary N) is 1. The number of aromatic nitrogens is 2. The summed E-state index contributed by atoms with van der Waals surface area (Å²) >= 11 is 0. The van der Waals surface area contributed by atoms with Crippen LogP contribution in [0.25, 0.3) is 0 Å². The predicted octanol–water partition coefficient (Wildman–Crippen LogP) is 1.86. The summed E-state index contributed by atoms with van der Waals surface area (Å²) in [5.41, 5.74) is 5.81. The SMILES string of the molecule is N#Cc1cnc(NC(=O)Nc2ccc(F)cc2OCCCN)cn1. The van der Waals surface area contributed by atoms with Gasteiger partial charge in [-0.05, 0) is 25.1 Å². The minimum Gasteiger partial charge on any atom is -0.491 e. The summed E-state index contributed by atoms with van der Waals surface area (Å²) in [6, 6.07) is 4.98. The number of benzene rings is 1. The fraction of sp³-hybridized carbons (Fsp3) is 0.200. The van der Waals surface area contributed by atoms with Gasteiger partial charge < -0.3 is 15.8 Å². The maximum atomic E-state index is 13.3. The average Bonchev–Trinajstić information content (AvgIpc) is 2.58. The van der Waals surface area contributed by atoms with Crippen molar-refractivity contribution in [2.45, 2.75) is 6.42 Å². The summed E-state index contributed by atoms with van der Waals surface area (Å²) in [7, 11) is 0. The Balaban J connectivity index is 2.03. The molecule has 124 valence electrons. The summed E-state index contributed by atoms with van der Waals surface area (Å²) in [5.74, 6) is -0.120. The fourth-order valence-electron chi connectivity index (χ4n) is 1.70. The van der Waals surface area contributed by atoms with Crippen LogP contribution in [0.5, 0.6) is 5.75 Å². The highest BCUT2D eigenvalue weighted by molar-refractivity contribution is 6.00. The van der Waals surface area contributed by atoms with Gasteiger partial charge in [0.1, 0.15) is 17.6 Å². The highest BCUT2D eigenvalue weighted by Gasteiger charge is 2.10. The molecule has 2 amide bonds. The lowest BCUT2D eigenvalue weighted by Gasteiger charge is -2.13. The molecule has 2 rings (SSSR count). The molecule has 24 heavy (non-hydrogen) atoms. The number of nitrogens with one attached hydrogen (secondary N) is 2. The minimum atomic E-state index is -0.607. The van der Waals surface area contributed by atoms with E-state index in [0.29, 0.717) is 25.3 Å². The Morgan fingerprint density at radius 2 is 2.17 bits per heavy atom. The number of amides is 2. The third kappa shape index (κ3) is 4.89. The second kappa shape index (κ2) is 8.40. The lowest BCUT2D eigenvalue weighted by Crippen LogP contribution is -2.21. The molecule has 9 heteroatoms. The Labute approximate surface area is 137 Å². The molecule has 0 saturated carbocycles. The Hall–Kier alpha value is -3.25. The van der Waals surface area contributed by atoms with E-state index in [0.717, 1.165) is 0 Å². The van der Waals surface area contributed by atoms with Crippen LogP contribution < -0.4 is 21.1 Å². The maximum Gasteiger partial charge on any atom is 0.324 e. The maximum absolute atomic E-state index is 13.3. The zero-order valence-electron chi connectivity index (χ0n) is 12.6. The van der Waals surface area contributed by atoms with Gasteiger partial charge in [0.25, 0.3) is 0 Å². The van der Waals surface area contributed by atoms with Crippen molar-refractivity contribution in [3.8, 4) is 11.8 Å². The van der Waals surface area contributed by atoms with E-state index in [4.69, 9.17) is 15.7 Å². The van der Waals surface area contributed by atoms with Crippen molar-refractivity contribution in [3.05, 3.63) is 42.1 Å². The van der Waals surface area contributed by atoms with Gasteiger partial charge in [0.15, 0.2) is 11.5 Å². The first-order valence-electron chi connectivity index (χ1n) is 7.05. The second-order valence-corrected chi connectivity index (χ2v) is 4.61. The number of rotatable bonds is 6. The quantitative estimate of drug-likeness (QED) is 0.694. The lowest BCUT2D eigenvalue weighted by molar-refractivity contribution is 0.261. The lowest BCUT2D eigenvalue weighted by atomic mass is 10.3. The average molecular weight is 330 g/mol. The molecule has 8 nitrogen and oxygen atoms in total. The smallest absolute Gasteiger partial charge is 0.324 e. The van der Waals surface area contributed by atoms with Gasteiger partial charge in [-0.15, -0.1) is 0 Å². The Kier molecular flexibility index (Phi) is 5.99. The number of nitriles is 1.